The molecular formula is C17H14ClFN2. The Kier molecular flexibility index (Phi) is 4.13. The van der Waals surface area contributed by atoms with Gasteiger partial charge < -0.3 is 5.32 Å². The van der Waals surface area contributed by atoms with E-state index in [2.05, 4.69) is 10.3 Å². The summed E-state index contributed by atoms with van der Waals surface area (Å²) in [7, 11) is 0. The van der Waals surface area contributed by atoms with Gasteiger partial charge in [-0.2, -0.15) is 0 Å². The predicted molar refractivity (Wildman–Crippen MR) is 83.7 cm³/mol. The molecule has 0 saturated carbocycles. The second-order valence-corrected chi connectivity index (χ2v) is 5.22. The Bertz CT molecular complexity index is 768. The molecule has 0 radical (unpaired) electrons. The van der Waals surface area contributed by atoms with Crippen molar-refractivity contribution in [1.82, 2.24) is 10.3 Å². The van der Waals surface area contributed by atoms with Crippen molar-refractivity contribution in [2.75, 3.05) is 0 Å². The Balaban J connectivity index is 1.74. The molecule has 0 bridgehead atoms. The lowest BCUT2D eigenvalue weighted by Gasteiger charge is -2.09. The number of pyridine rings is 1. The Hall–Kier alpha value is -1.97. The van der Waals surface area contributed by atoms with Crippen LogP contribution in [0.2, 0.25) is 5.02 Å². The Morgan fingerprint density at radius 2 is 1.67 bits per heavy atom. The molecule has 0 fully saturated rings. The van der Waals surface area contributed by atoms with Crippen LogP contribution in [0.4, 0.5) is 4.39 Å². The molecule has 3 rings (SSSR count). The van der Waals surface area contributed by atoms with Gasteiger partial charge in [-0.25, -0.2) is 4.39 Å². The lowest BCUT2D eigenvalue weighted by Crippen LogP contribution is -2.14. The van der Waals surface area contributed by atoms with Gasteiger partial charge in [0.1, 0.15) is 5.82 Å². The Labute approximate surface area is 127 Å². The highest BCUT2D eigenvalue weighted by atomic mass is 35.5. The molecule has 0 unspecified atom stereocenters. The molecule has 2 nitrogen and oxygen atoms in total. The van der Waals surface area contributed by atoms with Crippen LogP contribution in [0.25, 0.3) is 10.9 Å². The maximum absolute atomic E-state index is 13.8. The molecule has 2 aromatic carbocycles. The summed E-state index contributed by atoms with van der Waals surface area (Å²) in [6, 6.07) is 15.0. The minimum absolute atomic E-state index is 0.154. The number of para-hydroxylation sites is 1. The molecule has 4 heteroatoms. The van der Waals surface area contributed by atoms with Crippen LogP contribution in [-0.4, -0.2) is 4.98 Å². The maximum atomic E-state index is 13.8. The van der Waals surface area contributed by atoms with Gasteiger partial charge in [0.15, 0.2) is 0 Å². The Morgan fingerprint density at radius 1 is 0.952 bits per heavy atom. The summed E-state index contributed by atoms with van der Waals surface area (Å²) < 4.78 is 13.8. The summed E-state index contributed by atoms with van der Waals surface area (Å²) in [5.41, 5.74) is 2.63. The predicted octanol–water partition coefficient (Wildman–Crippen LogP) is 4.32. The number of hydrogen-bond donors (Lipinski definition) is 1. The van der Waals surface area contributed by atoms with Crippen LogP contribution >= 0.6 is 11.6 Å². The number of halogens is 2. The molecule has 1 aromatic heterocycles. The average Bonchev–Trinajstić information content (AvgIpc) is 2.52. The first-order chi connectivity index (χ1) is 10.3. The first-order valence-corrected chi connectivity index (χ1v) is 7.10. The molecule has 0 aliphatic rings. The van der Waals surface area contributed by atoms with E-state index in [0.717, 1.165) is 16.5 Å². The van der Waals surface area contributed by atoms with Crippen LogP contribution in [0.3, 0.4) is 0 Å². The van der Waals surface area contributed by atoms with Crippen molar-refractivity contribution in [1.29, 1.82) is 0 Å². The zero-order valence-electron chi connectivity index (χ0n) is 11.3. The molecule has 0 aliphatic carbocycles. The van der Waals surface area contributed by atoms with Gasteiger partial charge in [-0.15, -0.1) is 0 Å². The van der Waals surface area contributed by atoms with Crippen molar-refractivity contribution < 1.29 is 4.39 Å². The van der Waals surface area contributed by atoms with Gasteiger partial charge in [0.2, 0.25) is 0 Å². The van der Waals surface area contributed by atoms with Crippen molar-refractivity contribution >= 4 is 22.5 Å². The van der Waals surface area contributed by atoms with Gasteiger partial charge in [0, 0.05) is 30.2 Å². The molecular weight excluding hydrogens is 287 g/mol. The standard InChI is InChI=1S/C17H14ClFN2/c18-15-8-2-5-13(16(15)19)10-20-11-14-6-1-4-12-7-3-9-21-17(12)14/h1-9,20H,10-11H2. The fraction of sp³-hybridized carbons (Fsp3) is 0.118. The van der Waals surface area contributed by atoms with Gasteiger partial charge in [-0.05, 0) is 17.7 Å². The molecule has 0 saturated heterocycles. The van der Waals surface area contributed by atoms with E-state index in [-0.39, 0.29) is 10.8 Å². The number of aromatic nitrogens is 1. The molecule has 0 spiro atoms. The normalized spacial score (nSPS) is 11.0. The highest BCUT2D eigenvalue weighted by Crippen LogP contribution is 2.18. The summed E-state index contributed by atoms with van der Waals surface area (Å²) in [6.45, 7) is 1.05. The van der Waals surface area contributed by atoms with Gasteiger partial charge >= 0.3 is 0 Å². The molecule has 0 atom stereocenters. The Morgan fingerprint density at radius 3 is 2.57 bits per heavy atom. The minimum atomic E-state index is -0.359. The van der Waals surface area contributed by atoms with Gasteiger partial charge in [0.25, 0.3) is 0 Å². The van der Waals surface area contributed by atoms with Crippen LogP contribution in [0.5, 0.6) is 0 Å². The first-order valence-electron chi connectivity index (χ1n) is 6.72. The molecule has 21 heavy (non-hydrogen) atoms. The highest BCUT2D eigenvalue weighted by molar-refractivity contribution is 6.30. The summed E-state index contributed by atoms with van der Waals surface area (Å²) in [4.78, 5) is 4.40. The number of nitrogens with one attached hydrogen (secondary N) is 1. The fourth-order valence-electron chi connectivity index (χ4n) is 2.33. The van der Waals surface area contributed by atoms with E-state index in [4.69, 9.17) is 11.6 Å². The van der Waals surface area contributed by atoms with E-state index in [1.807, 2.05) is 30.3 Å². The van der Waals surface area contributed by atoms with Gasteiger partial charge in [0.05, 0.1) is 10.5 Å². The largest absolute Gasteiger partial charge is 0.308 e. The number of nitrogens with zero attached hydrogens (tertiary/aromatic N) is 1. The van der Waals surface area contributed by atoms with Crippen LogP contribution in [0.1, 0.15) is 11.1 Å². The monoisotopic (exact) mass is 300 g/mol. The van der Waals surface area contributed by atoms with E-state index in [9.17, 15) is 4.39 Å². The quantitative estimate of drug-likeness (QED) is 0.776. The number of hydrogen-bond acceptors (Lipinski definition) is 2. The van der Waals surface area contributed by atoms with E-state index in [0.29, 0.717) is 18.7 Å². The maximum Gasteiger partial charge on any atom is 0.146 e. The first kappa shape index (κ1) is 14.0. The lowest BCUT2D eigenvalue weighted by molar-refractivity contribution is 0.589. The molecule has 1 N–H and O–H groups in total. The van der Waals surface area contributed by atoms with Gasteiger partial charge in [-0.3, -0.25) is 4.98 Å². The summed E-state index contributed by atoms with van der Waals surface area (Å²) in [6.07, 6.45) is 1.78. The van der Waals surface area contributed by atoms with Crippen molar-refractivity contribution in [2.45, 2.75) is 13.1 Å². The molecule has 106 valence electrons. The zero-order chi connectivity index (χ0) is 14.7. The number of benzene rings is 2. The van der Waals surface area contributed by atoms with E-state index in [1.165, 1.54) is 0 Å². The van der Waals surface area contributed by atoms with Gasteiger partial charge in [-0.1, -0.05) is 48.0 Å². The number of fused-ring (bicyclic) bond motifs is 1. The smallest absolute Gasteiger partial charge is 0.146 e. The minimum Gasteiger partial charge on any atom is -0.308 e. The van der Waals surface area contributed by atoms with Crippen LogP contribution < -0.4 is 5.32 Å². The third-order valence-corrected chi connectivity index (χ3v) is 3.67. The SMILES string of the molecule is Fc1c(Cl)cccc1CNCc1cccc2cccnc12. The zero-order valence-corrected chi connectivity index (χ0v) is 12.1. The van der Waals surface area contributed by atoms with E-state index in [1.54, 1.807) is 24.4 Å². The van der Waals surface area contributed by atoms with Crippen molar-refractivity contribution in [2.24, 2.45) is 0 Å². The van der Waals surface area contributed by atoms with Crippen LogP contribution in [0, 0.1) is 5.82 Å². The summed E-state index contributed by atoms with van der Waals surface area (Å²) >= 11 is 5.78. The number of rotatable bonds is 4. The molecule has 1 heterocycles. The summed E-state index contributed by atoms with van der Waals surface area (Å²) in [5.74, 6) is -0.359. The van der Waals surface area contributed by atoms with Crippen molar-refractivity contribution in [3.8, 4) is 0 Å². The average molecular weight is 301 g/mol. The molecule has 0 amide bonds. The third kappa shape index (κ3) is 3.04. The molecule has 3 aromatic rings. The fourth-order valence-corrected chi connectivity index (χ4v) is 2.52. The second kappa shape index (κ2) is 6.20. The highest BCUT2D eigenvalue weighted by Gasteiger charge is 2.06. The second-order valence-electron chi connectivity index (χ2n) is 4.81. The molecule has 0 aliphatic heterocycles. The topological polar surface area (TPSA) is 24.9 Å². The van der Waals surface area contributed by atoms with Crippen LogP contribution in [-0.2, 0) is 13.1 Å². The third-order valence-electron chi connectivity index (χ3n) is 3.38. The lowest BCUT2D eigenvalue weighted by atomic mass is 10.1. The van der Waals surface area contributed by atoms with Crippen molar-refractivity contribution in [3.05, 3.63) is 76.7 Å². The summed E-state index contributed by atoms with van der Waals surface area (Å²) in [5, 5.41) is 4.50. The van der Waals surface area contributed by atoms with Crippen LogP contribution in [0.15, 0.2) is 54.7 Å². The van der Waals surface area contributed by atoms with Crippen molar-refractivity contribution in [3.63, 3.8) is 0 Å². The van der Waals surface area contributed by atoms with E-state index >= 15 is 0 Å². The van der Waals surface area contributed by atoms with E-state index < -0.39 is 0 Å².